The largest absolute Gasteiger partial charge is 0.481 e. The van der Waals surface area contributed by atoms with Crippen molar-refractivity contribution in [1.29, 1.82) is 0 Å². The molecule has 2 N–H and O–H groups in total. The molecule has 1 aliphatic carbocycles. The zero-order valence-electron chi connectivity index (χ0n) is 11.7. The number of carbonyl (C=O) groups excluding carboxylic acids is 1. The molecule has 108 valence electrons. The number of urea groups is 1. The summed E-state index contributed by atoms with van der Waals surface area (Å²) in [5, 5.41) is 11.9. The molecule has 2 aliphatic rings. The quantitative estimate of drug-likeness (QED) is 0.822. The van der Waals surface area contributed by atoms with Gasteiger partial charge in [-0.25, -0.2) is 4.79 Å². The Bertz CT molecular complexity index is 353. The fourth-order valence-corrected chi connectivity index (χ4v) is 3.02. The predicted molar refractivity (Wildman–Crippen MR) is 72.0 cm³/mol. The minimum absolute atomic E-state index is 0.00251. The van der Waals surface area contributed by atoms with Crippen LogP contribution < -0.4 is 5.32 Å². The number of likely N-dealkylation sites (tertiary alicyclic amines) is 1. The molecule has 5 heteroatoms. The third-order valence-electron chi connectivity index (χ3n) is 4.45. The Morgan fingerprint density at radius 2 is 2.05 bits per heavy atom. The Morgan fingerprint density at radius 1 is 1.32 bits per heavy atom. The second kappa shape index (κ2) is 5.80. The van der Waals surface area contributed by atoms with Crippen LogP contribution in [0, 0.1) is 0 Å². The normalized spacial score (nSPS) is 25.5. The van der Waals surface area contributed by atoms with Gasteiger partial charge in [-0.1, -0.05) is 0 Å². The average Bonchev–Trinajstić information content (AvgIpc) is 2.34. The van der Waals surface area contributed by atoms with E-state index in [2.05, 4.69) is 12.2 Å². The van der Waals surface area contributed by atoms with E-state index in [0.717, 1.165) is 38.6 Å². The summed E-state index contributed by atoms with van der Waals surface area (Å²) >= 11 is 0. The van der Waals surface area contributed by atoms with E-state index in [1.165, 1.54) is 6.42 Å². The molecule has 1 saturated carbocycles. The van der Waals surface area contributed by atoms with Crippen molar-refractivity contribution in [2.24, 2.45) is 0 Å². The highest BCUT2D eigenvalue weighted by Gasteiger charge is 2.36. The predicted octanol–water partition coefficient (Wildman–Crippen LogP) is 2.36. The topological polar surface area (TPSA) is 69.6 Å². The van der Waals surface area contributed by atoms with Gasteiger partial charge in [-0.2, -0.15) is 0 Å². The first-order valence-electron chi connectivity index (χ1n) is 7.31. The summed E-state index contributed by atoms with van der Waals surface area (Å²) in [5.74, 6) is -0.781. The maximum atomic E-state index is 12.3. The van der Waals surface area contributed by atoms with Gasteiger partial charge >= 0.3 is 12.0 Å². The maximum absolute atomic E-state index is 12.3. The molecule has 0 spiro atoms. The number of hydrogen-bond donors (Lipinski definition) is 2. The zero-order valence-corrected chi connectivity index (χ0v) is 11.7. The average molecular weight is 268 g/mol. The van der Waals surface area contributed by atoms with Crippen LogP contribution >= 0.6 is 0 Å². The van der Waals surface area contributed by atoms with Crippen molar-refractivity contribution in [3.63, 3.8) is 0 Å². The zero-order chi connectivity index (χ0) is 13.9. The van der Waals surface area contributed by atoms with Gasteiger partial charge in [-0.15, -0.1) is 0 Å². The lowest BCUT2D eigenvalue weighted by molar-refractivity contribution is -0.137. The van der Waals surface area contributed by atoms with Crippen molar-refractivity contribution in [1.82, 2.24) is 10.2 Å². The summed E-state index contributed by atoms with van der Waals surface area (Å²) < 4.78 is 0. The van der Waals surface area contributed by atoms with Gasteiger partial charge in [0, 0.05) is 24.5 Å². The molecule has 0 aromatic rings. The van der Waals surface area contributed by atoms with E-state index >= 15 is 0 Å². The number of amides is 2. The van der Waals surface area contributed by atoms with Crippen LogP contribution in [0.15, 0.2) is 0 Å². The Hall–Kier alpha value is -1.26. The number of aliphatic carboxylic acids is 1. The van der Waals surface area contributed by atoms with Gasteiger partial charge < -0.3 is 15.3 Å². The highest BCUT2D eigenvalue weighted by atomic mass is 16.4. The van der Waals surface area contributed by atoms with Gasteiger partial charge in [0.05, 0.1) is 0 Å². The van der Waals surface area contributed by atoms with Gasteiger partial charge in [0.1, 0.15) is 0 Å². The summed E-state index contributed by atoms with van der Waals surface area (Å²) in [6, 6.07) is 0.0887. The van der Waals surface area contributed by atoms with Gasteiger partial charge in [0.15, 0.2) is 0 Å². The molecule has 1 saturated heterocycles. The minimum Gasteiger partial charge on any atom is -0.481 e. The third-order valence-corrected chi connectivity index (χ3v) is 4.45. The van der Waals surface area contributed by atoms with Crippen molar-refractivity contribution in [2.75, 3.05) is 6.54 Å². The lowest BCUT2D eigenvalue weighted by atomic mass is 9.78. The van der Waals surface area contributed by atoms with Crippen LogP contribution in [-0.4, -0.2) is 40.1 Å². The van der Waals surface area contributed by atoms with Crippen molar-refractivity contribution < 1.29 is 14.7 Å². The number of nitrogens with zero attached hydrogens (tertiary/aromatic N) is 1. The van der Waals surface area contributed by atoms with Crippen molar-refractivity contribution in [3.8, 4) is 0 Å². The SMILES string of the molecule is CC1(NC(=O)N2CCCCC2CCC(=O)O)CCC1. The Morgan fingerprint density at radius 3 is 2.63 bits per heavy atom. The number of carbonyl (C=O) groups is 2. The molecule has 0 aromatic carbocycles. The number of hydrogen-bond acceptors (Lipinski definition) is 2. The molecular formula is C14H24N2O3. The van der Waals surface area contributed by atoms with E-state index in [9.17, 15) is 9.59 Å². The Balaban J connectivity index is 1.90. The van der Waals surface area contributed by atoms with Gasteiger partial charge in [0.2, 0.25) is 0 Å². The van der Waals surface area contributed by atoms with Crippen LogP contribution in [0.1, 0.15) is 58.3 Å². The van der Waals surface area contributed by atoms with Crippen LogP contribution in [0.3, 0.4) is 0 Å². The smallest absolute Gasteiger partial charge is 0.318 e. The number of piperidine rings is 1. The van der Waals surface area contributed by atoms with E-state index in [-0.39, 0.29) is 24.0 Å². The second-order valence-electron chi connectivity index (χ2n) is 6.12. The fraction of sp³-hybridized carbons (Fsp3) is 0.857. The molecule has 0 aromatic heterocycles. The highest BCUT2D eigenvalue weighted by molar-refractivity contribution is 5.76. The lowest BCUT2D eigenvalue weighted by Gasteiger charge is -2.43. The Kier molecular flexibility index (Phi) is 4.32. The van der Waals surface area contributed by atoms with E-state index in [4.69, 9.17) is 5.11 Å². The Labute approximate surface area is 114 Å². The molecule has 1 aliphatic heterocycles. The van der Waals surface area contributed by atoms with Gasteiger partial charge in [-0.05, 0) is 51.9 Å². The van der Waals surface area contributed by atoms with Crippen molar-refractivity contribution in [2.45, 2.75) is 69.9 Å². The van der Waals surface area contributed by atoms with Crippen LogP contribution in [0.25, 0.3) is 0 Å². The monoisotopic (exact) mass is 268 g/mol. The number of carboxylic acid groups (broad SMARTS) is 1. The number of rotatable bonds is 4. The molecular weight excluding hydrogens is 244 g/mol. The summed E-state index contributed by atoms with van der Waals surface area (Å²) in [7, 11) is 0. The molecule has 1 atom stereocenters. The summed E-state index contributed by atoms with van der Waals surface area (Å²) in [5.41, 5.74) is -0.0358. The molecule has 0 bridgehead atoms. The van der Waals surface area contributed by atoms with Crippen LogP contribution in [0.4, 0.5) is 4.79 Å². The van der Waals surface area contributed by atoms with Gasteiger partial charge in [-0.3, -0.25) is 4.79 Å². The van der Waals surface area contributed by atoms with Crippen LogP contribution in [0.2, 0.25) is 0 Å². The van der Waals surface area contributed by atoms with E-state index < -0.39 is 5.97 Å². The first-order valence-corrected chi connectivity index (χ1v) is 7.31. The molecule has 19 heavy (non-hydrogen) atoms. The third kappa shape index (κ3) is 3.61. The number of carboxylic acids is 1. The standard InChI is InChI=1S/C14H24N2O3/c1-14(8-4-9-14)15-13(19)16-10-3-2-5-11(16)6-7-12(17)18/h11H,2-10H2,1H3,(H,15,19)(H,17,18). The highest BCUT2D eigenvalue weighted by Crippen LogP contribution is 2.31. The molecule has 1 heterocycles. The van der Waals surface area contributed by atoms with E-state index in [1.54, 1.807) is 0 Å². The summed E-state index contributed by atoms with van der Waals surface area (Å²) in [6.45, 7) is 2.84. The van der Waals surface area contributed by atoms with Crippen LogP contribution in [0.5, 0.6) is 0 Å². The molecule has 5 nitrogen and oxygen atoms in total. The second-order valence-corrected chi connectivity index (χ2v) is 6.12. The fourth-order valence-electron chi connectivity index (χ4n) is 3.02. The summed E-state index contributed by atoms with van der Waals surface area (Å²) in [6.07, 6.45) is 7.03. The van der Waals surface area contributed by atoms with Crippen molar-refractivity contribution in [3.05, 3.63) is 0 Å². The summed E-state index contributed by atoms with van der Waals surface area (Å²) in [4.78, 5) is 24.9. The first kappa shape index (κ1) is 14.2. The first-order chi connectivity index (χ1) is 9.00. The van der Waals surface area contributed by atoms with E-state index in [1.807, 2.05) is 4.90 Å². The lowest BCUT2D eigenvalue weighted by Crippen LogP contribution is -2.58. The molecule has 0 radical (unpaired) electrons. The van der Waals surface area contributed by atoms with Gasteiger partial charge in [0.25, 0.3) is 0 Å². The van der Waals surface area contributed by atoms with Crippen LogP contribution in [-0.2, 0) is 4.79 Å². The molecule has 2 fully saturated rings. The minimum atomic E-state index is -0.781. The maximum Gasteiger partial charge on any atom is 0.318 e. The number of nitrogens with one attached hydrogen (secondary N) is 1. The van der Waals surface area contributed by atoms with Crippen molar-refractivity contribution >= 4 is 12.0 Å². The van der Waals surface area contributed by atoms with E-state index in [0.29, 0.717) is 6.42 Å². The molecule has 1 unspecified atom stereocenters. The molecule has 2 amide bonds. The molecule has 2 rings (SSSR count).